The highest BCUT2D eigenvalue weighted by molar-refractivity contribution is 7.17. The van der Waals surface area contributed by atoms with E-state index in [1.54, 1.807) is 6.92 Å². The summed E-state index contributed by atoms with van der Waals surface area (Å²) in [5.41, 5.74) is -0.0580. The third-order valence-electron chi connectivity index (χ3n) is 3.97. The van der Waals surface area contributed by atoms with Crippen molar-refractivity contribution >= 4 is 34.1 Å². The van der Waals surface area contributed by atoms with E-state index in [-0.39, 0.29) is 23.8 Å². The minimum absolute atomic E-state index is 0.0588. The Kier molecular flexibility index (Phi) is 5.81. The first kappa shape index (κ1) is 19.4. The van der Waals surface area contributed by atoms with E-state index in [9.17, 15) is 19.5 Å². The quantitative estimate of drug-likeness (QED) is 0.616. The van der Waals surface area contributed by atoms with Crippen molar-refractivity contribution < 1.29 is 29.3 Å². The monoisotopic (exact) mass is 369 g/mol. The summed E-state index contributed by atoms with van der Waals surface area (Å²) in [4.78, 5) is 36.2. The minimum Gasteiger partial charge on any atom is -0.545 e. The largest absolute Gasteiger partial charge is 0.545 e. The Morgan fingerprint density at radius 1 is 1.36 bits per heavy atom. The molecule has 0 spiro atoms. The molecule has 25 heavy (non-hydrogen) atoms. The van der Waals surface area contributed by atoms with Gasteiger partial charge in [-0.2, -0.15) is 0 Å². The molecule has 0 fully saturated rings. The number of carbonyl (C=O) groups excluding carboxylic acids is 3. The zero-order chi connectivity index (χ0) is 18.8. The van der Waals surface area contributed by atoms with Gasteiger partial charge in [-0.25, -0.2) is 0 Å². The smallest absolute Gasteiger partial charge is 0.314 e. The van der Waals surface area contributed by atoms with Crippen molar-refractivity contribution in [2.45, 2.75) is 51.9 Å². The van der Waals surface area contributed by atoms with E-state index in [0.29, 0.717) is 23.3 Å². The molecule has 2 heterocycles. The van der Waals surface area contributed by atoms with Crippen LogP contribution in [0.1, 0.15) is 48.0 Å². The average molecular weight is 369 g/mol. The van der Waals surface area contributed by atoms with Gasteiger partial charge in [-0.1, -0.05) is 6.92 Å². The second-order valence-corrected chi connectivity index (χ2v) is 7.54. The van der Waals surface area contributed by atoms with Gasteiger partial charge >= 0.3 is 11.8 Å². The first-order valence-electron chi connectivity index (χ1n) is 7.91. The molecule has 1 aromatic rings. The van der Waals surface area contributed by atoms with Gasteiger partial charge < -0.3 is 30.4 Å². The Morgan fingerprint density at radius 3 is 2.60 bits per heavy atom. The molecule has 9 heteroatoms. The maximum atomic E-state index is 12.1. The molecule has 1 atom stereocenters. The second-order valence-electron chi connectivity index (χ2n) is 6.44. The summed E-state index contributed by atoms with van der Waals surface area (Å²) in [5, 5.41) is 25.4. The first-order valence-corrected chi connectivity index (χ1v) is 8.72. The number of hydrogen-bond acceptors (Lipinski definition) is 7. The first-order chi connectivity index (χ1) is 11.7. The lowest BCUT2D eigenvalue weighted by atomic mass is 9.93. The number of carboxylic acids is 1. The zero-order valence-corrected chi connectivity index (χ0v) is 15.1. The van der Waals surface area contributed by atoms with Crippen LogP contribution in [-0.2, 0) is 27.4 Å². The molecule has 0 aromatic carbocycles. The number of aliphatic hydroxyl groups is 1. The van der Waals surface area contributed by atoms with E-state index in [1.807, 2.05) is 13.8 Å². The molecule has 0 unspecified atom stereocenters. The number of carboxylic acid groups (broad SMARTS) is 1. The van der Waals surface area contributed by atoms with Crippen LogP contribution in [0.25, 0.3) is 0 Å². The molecule has 0 bridgehead atoms. The summed E-state index contributed by atoms with van der Waals surface area (Å²) < 4.78 is 5.65. The van der Waals surface area contributed by atoms with Gasteiger partial charge in [-0.3, -0.25) is 9.59 Å². The molecule has 3 N–H and O–H groups in total. The van der Waals surface area contributed by atoms with Crippen molar-refractivity contribution in [2.24, 2.45) is 0 Å². The Bertz CT molecular complexity index is 693. The van der Waals surface area contributed by atoms with Crippen LogP contribution in [0.3, 0.4) is 0 Å². The fourth-order valence-corrected chi connectivity index (χ4v) is 3.66. The van der Waals surface area contributed by atoms with E-state index < -0.39 is 29.4 Å². The van der Waals surface area contributed by atoms with Gasteiger partial charge in [0.15, 0.2) is 0 Å². The van der Waals surface area contributed by atoms with Crippen LogP contribution in [-0.4, -0.2) is 41.1 Å². The predicted octanol–water partition coefficient (Wildman–Crippen LogP) is -0.212. The summed E-state index contributed by atoms with van der Waals surface area (Å²) in [6.45, 7) is 5.38. The highest BCUT2D eigenvalue weighted by Crippen LogP contribution is 2.40. The van der Waals surface area contributed by atoms with Crippen molar-refractivity contribution in [3.05, 3.63) is 16.0 Å². The van der Waals surface area contributed by atoms with Crippen LogP contribution >= 0.6 is 11.3 Å². The van der Waals surface area contributed by atoms with Gasteiger partial charge in [0.2, 0.25) is 0 Å². The molecule has 2 rings (SSSR count). The molecule has 0 aliphatic carbocycles. The number of thiophene rings is 1. The Labute approximate surface area is 149 Å². The number of rotatable bonds is 5. The van der Waals surface area contributed by atoms with Crippen molar-refractivity contribution in [1.29, 1.82) is 0 Å². The van der Waals surface area contributed by atoms with Crippen molar-refractivity contribution in [2.75, 3.05) is 11.9 Å². The molecule has 0 radical (unpaired) electrons. The maximum Gasteiger partial charge on any atom is 0.314 e. The summed E-state index contributed by atoms with van der Waals surface area (Å²) in [5.74, 6) is -3.34. The number of hydrogen-bond donors (Lipinski definition) is 3. The molecule has 138 valence electrons. The Morgan fingerprint density at radius 2 is 2.04 bits per heavy atom. The predicted molar refractivity (Wildman–Crippen MR) is 89.2 cm³/mol. The van der Waals surface area contributed by atoms with E-state index in [0.717, 1.165) is 11.3 Å². The lowest BCUT2D eigenvalue weighted by Gasteiger charge is -2.30. The third-order valence-corrected chi connectivity index (χ3v) is 5.09. The van der Waals surface area contributed by atoms with Gasteiger partial charge in [0.25, 0.3) is 0 Å². The third kappa shape index (κ3) is 4.36. The minimum atomic E-state index is -1.41. The number of ether oxygens (including phenoxy) is 1. The molecule has 1 aliphatic rings. The van der Waals surface area contributed by atoms with Gasteiger partial charge in [-0.15, -0.1) is 11.3 Å². The highest BCUT2D eigenvalue weighted by atomic mass is 32.1. The SMILES string of the molecule is CC[C@@H](CO)NC(=O)C(=O)Nc1sc2c(c1C(=O)[O-])CC(C)(C)OC2. The fourth-order valence-electron chi connectivity index (χ4n) is 2.55. The van der Waals surface area contributed by atoms with Gasteiger partial charge in [0.1, 0.15) is 5.00 Å². The van der Waals surface area contributed by atoms with Crippen molar-refractivity contribution in [1.82, 2.24) is 5.32 Å². The van der Waals surface area contributed by atoms with Crippen LogP contribution in [0.15, 0.2) is 0 Å². The van der Waals surface area contributed by atoms with Crippen molar-refractivity contribution in [3.8, 4) is 0 Å². The lowest BCUT2D eigenvalue weighted by molar-refractivity contribution is -0.255. The van der Waals surface area contributed by atoms with Gasteiger partial charge in [0.05, 0.1) is 30.8 Å². The van der Waals surface area contributed by atoms with Gasteiger partial charge in [0, 0.05) is 16.9 Å². The number of aromatic carboxylic acids is 1. The van der Waals surface area contributed by atoms with E-state index in [1.165, 1.54) is 0 Å². The molecular weight excluding hydrogens is 348 g/mol. The lowest BCUT2D eigenvalue weighted by Crippen LogP contribution is -2.43. The van der Waals surface area contributed by atoms with E-state index in [4.69, 9.17) is 9.84 Å². The topological polar surface area (TPSA) is 128 Å². The van der Waals surface area contributed by atoms with E-state index >= 15 is 0 Å². The summed E-state index contributed by atoms with van der Waals surface area (Å²) in [6.07, 6.45) is 0.826. The van der Waals surface area contributed by atoms with Crippen molar-refractivity contribution in [3.63, 3.8) is 0 Å². The zero-order valence-electron chi connectivity index (χ0n) is 14.3. The number of amides is 2. The van der Waals surface area contributed by atoms with Crippen LogP contribution in [0.2, 0.25) is 0 Å². The molecule has 1 aromatic heterocycles. The van der Waals surface area contributed by atoms with Crippen LogP contribution in [0, 0.1) is 0 Å². The Hall–Kier alpha value is -1.97. The number of carbonyl (C=O) groups is 3. The van der Waals surface area contributed by atoms with Crippen LogP contribution in [0.4, 0.5) is 5.00 Å². The molecule has 8 nitrogen and oxygen atoms in total. The standard InChI is InChI=1S/C16H22N2O6S/c1-4-8(6-19)17-12(20)13(21)18-14-11(15(22)23)9-5-16(2,3)24-7-10(9)25-14/h8,19H,4-7H2,1-3H3,(H,17,20)(H,18,21)(H,22,23)/p-1/t8-/m0/s1. The maximum absolute atomic E-state index is 12.1. The summed E-state index contributed by atoms with van der Waals surface area (Å²) in [6, 6.07) is -0.537. The molecule has 1 aliphatic heterocycles. The van der Waals surface area contributed by atoms with E-state index in [2.05, 4.69) is 10.6 Å². The number of anilines is 1. The number of aliphatic hydroxyl groups excluding tert-OH is 1. The Balaban J connectivity index is 2.23. The molecule has 2 amide bonds. The van der Waals surface area contributed by atoms with Gasteiger partial charge in [-0.05, 0) is 25.8 Å². The molecule has 0 saturated carbocycles. The second kappa shape index (κ2) is 7.51. The van der Waals surface area contributed by atoms with Crippen LogP contribution < -0.4 is 15.7 Å². The number of nitrogens with one attached hydrogen (secondary N) is 2. The number of fused-ring (bicyclic) bond motifs is 1. The highest BCUT2D eigenvalue weighted by Gasteiger charge is 2.32. The normalized spacial score (nSPS) is 16.6. The fraction of sp³-hybridized carbons (Fsp3) is 0.562. The molecule has 0 saturated heterocycles. The summed E-state index contributed by atoms with van der Waals surface area (Å²) in [7, 11) is 0. The summed E-state index contributed by atoms with van der Waals surface area (Å²) >= 11 is 1.06. The average Bonchev–Trinajstić information content (AvgIpc) is 2.88. The molecular formula is C16H21N2O6S-. The van der Waals surface area contributed by atoms with Crippen LogP contribution in [0.5, 0.6) is 0 Å².